The highest BCUT2D eigenvalue weighted by molar-refractivity contribution is 5.70. The van der Waals surface area contributed by atoms with Crippen LogP contribution in [0.1, 0.15) is 18.4 Å². The van der Waals surface area contributed by atoms with E-state index in [-0.39, 0.29) is 0 Å². The Morgan fingerprint density at radius 1 is 1.28 bits per heavy atom. The molecule has 3 rings (SSSR count). The van der Waals surface area contributed by atoms with Gasteiger partial charge in [-0.3, -0.25) is 4.90 Å². The van der Waals surface area contributed by atoms with E-state index in [0.717, 1.165) is 38.0 Å². The van der Waals surface area contributed by atoms with Crippen LogP contribution in [0.4, 0.5) is 11.5 Å². The molecular weight excluding hydrogens is 226 g/mol. The van der Waals surface area contributed by atoms with Crippen molar-refractivity contribution in [2.45, 2.75) is 18.9 Å². The highest BCUT2D eigenvalue weighted by atomic mass is 15.3. The lowest BCUT2D eigenvalue weighted by Crippen LogP contribution is -2.47. The molecule has 0 unspecified atom stereocenters. The highest BCUT2D eigenvalue weighted by Gasteiger charge is 2.31. The van der Waals surface area contributed by atoms with Crippen molar-refractivity contribution in [3.63, 3.8) is 0 Å². The number of nitrogens with zero attached hydrogens (tertiary/aromatic N) is 4. The maximum atomic E-state index is 8.98. The van der Waals surface area contributed by atoms with Crippen LogP contribution in [0.15, 0.2) is 12.3 Å². The Morgan fingerprint density at radius 2 is 2.00 bits per heavy atom. The minimum atomic E-state index is 0.514. The number of pyridine rings is 1. The number of nitriles is 1. The summed E-state index contributed by atoms with van der Waals surface area (Å²) in [6.07, 6.45) is 4.37. The van der Waals surface area contributed by atoms with Crippen molar-refractivity contribution in [3.05, 3.63) is 17.8 Å². The third kappa shape index (κ3) is 2.00. The number of hydrogen-bond donors (Lipinski definition) is 1. The molecule has 2 aliphatic rings. The van der Waals surface area contributed by atoms with Gasteiger partial charge in [0.1, 0.15) is 6.07 Å². The van der Waals surface area contributed by atoms with Gasteiger partial charge in [0, 0.05) is 38.4 Å². The first-order chi connectivity index (χ1) is 8.79. The average Bonchev–Trinajstić information content (AvgIpc) is 3.24. The molecule has 2 fully saturated rings. The lowest BCUT2D eigenvalue weighted by molar-refractivity contribution is 0.247. The van der Waals surface area contributed by atoms with Crippen molar-refractivity contribution in [3.8, 4) is 6.07 Å². The van der Waals surface area contributed by atoms with Gasteiger partial charge in [0.15, 0.2) is 5.82 Å². The normalized spacial score (nSPS) is 20.7. The first-order valence-corrected chi connectivity index (χ1v) is 6.43. The number of rotatable bonds is 2. The van der Waals surface area contributed by atoms with Gasteiger partial charge in [-0.1, -0.05) is 0 Å². The molecule has 1 aliphatic carbocycles. The molecule has 0 amide bonds. The molecule has 2 heterocycles. The molecule has 1 aromatic heterocycles. The van der Waals surface area contributed by atoms with Crippen LogP contribution in [0.3, 0.4) is 0 Å². The zero-order valence-corrected chi connectivity index (χ0v) is 10.3. The molecule has 1 saturated carbocycles. The SMILES string of the molecule is N#Cc1ccnc(N2CCN(C3CC3)CC2)c1N. The van der Waals surface area contributed by atoms with Gasteiger partial charge in [-0.05, 0) is 18.9 Å². The smallest absolute Gasteiger partial charge is 0.153 e. The quantitative estimate of drug-likeness (QED) is 0.832. The van der Waals surface area contributed by atoms with E-state index in [1.165, 1.54) is 12.8 Å². The first-order valence-electron chi connectivity index (χ1n) is 6.43. The van der Waals surface area contributed by atoms with Crippen LogP contribution in [0.2, 0.25) is 0 Å². The zero-order valence-electron chi connectivity index (χ0n) is 10.3. The minimum absolute atomic E-state index is 0.514. The second kappa shape index (κ2) is 4.46. The van der Waals surface area contributed by atoms with Gasteiger partial charge in [0.25, 0.3) is 0 Å². The lowest BCUT2D eigenvalue weighted by Gasteiger charge is -2.36. The molecule has 1 saturated heterocycles. The van der Waals surface area contributed by atoms with Gasteiger partial charge in [0.2, 0.25) is 0 Å². The molecule has 0 radical (unpaired) electrons. The highest BCUT2D eigenvalue weighted by Crippen LogP contribution is 2.29. The van der Waals surface area contributed by atoms with Gasteiger partial charge >= 0.3 is 0 Å². The van der Waals surface area contributed by atoms with Crippen LogP contribution in [0.25, 0.3) is 0 Å². The number of nitrogens with two attached hydrogens (primary N) is 1. The third-order valence-corrected chi connectivity index (χ3v) is 3.77. The number of aromatic nitrogens is 1. The minimum Gasteiger partial charge on any atom is -0.395 e. The molecule has 0 aromatic carbocycles. The van der Waals surface area contributed by atoms with E-state index in [1.807, 2.05) is 0 Å². The molecule has 18 heavy (non-hydrogen) atoms. The van der Waals surface area contributed by atoms with E-state index in [1.54, 1.807) is 12.3 Å². The number of piperazine rings is 1. The first kappa shape index (κ1) is 11.3. The van der Waals surface area contributed by atoms with Crippen molar-refractivity contribution in [2.75, 3.05) is 36.8 Å². The Hall–Kier alpha value is -1.80. The van der Waals surface area contributed by atoms with E-state index in [4.69, 9.17) is 11.0 Å². The van der Waals surface area contributed by atoms with Crippen LogP contribution in [-0.2, 0) is 0 Å². The Balaban J connectivity index is 1.74. The van der Waals surface area contributed by atoms with Gasteiger partial charge < -0.3 is 10.6 Å². The van der Waals surface area contributed by atoms with Crippen LogP contribution in [-0.4, -0.2) is 42.1 Å². The summed E-state index contributed by atoms with van der Waals surface area (Å²) in [5.74, 6) is 0.768. The van der Waals surface area contributed by atoms with Crippen molar-refractivity contribution >= 4 is 11.5 Å². The molecule has 2 N–H and O–H groups in total. The maximum absolute atomic E-state index is 8.98. The van der Waals surface area contributed by atoms with E-state index in [9.17, 15) is 0 Å². The summed E-state index contributed by atoms with van der Waals surface area (Å²) < 4.78 is 0. The molecule has 94 valence electrons. The van der Waals surface area contributed by atoms with Crippen LogP contribution >= 0.6 is 0 Å². The number of hydrogen-bond acceptors (Lipinski definition) is 5. The maximum Gasteiger partial charge on any atom is 0.153 e. The number of nitrogen functional groups attached to an aromatic ring is 1. The number of anilines is 2. The second-order valence-corrected chi connectivity index (χ2v) is 4.96. The fraction of sp³-hybridized carbons (Fsp3) is 0.538. The van der Waals surface area contributed by atoms with Gasteiger partial charge in [0.05, 0.1) is 11.3 Å². The van der Waals surface area contributed by atoms with E-state index in [2.05, 4.69) is 20.9 Å². The van der Waals surface area contributed by atoms with Gasteiger partial charge in [-0.25, -0.2) is 4.98 Å². The van der Waals surface area contributed by atoms with Crippen molar-refractivity contribution in [1.82, 2.24) is 9.88 Å². The summed E-state index contributed by atoms with van der Waals surface area (Å²) >= 11 is 0. The average molecular weight is 243 g/mol. The Labute approximate surface area is 107 Å². The molecule has 5 heteroatoms. The summed E-state index contributed by atoms with van der Waals surface area (Å²) in [4.78, 5) is 9.06. The van der Waals surface area contributed by atoms with Crippen molar-refractivity contribution < 1.29 is 0 Å². The van der Waals surface area contributed by atoms with E-state index < -0.39 is 0 Å². The monoisotopic (exact) mass is 243 g/mol. The fourth-order valence-electron chi connectivity index (χ4n) is 2.55. The van der Waals surface area contributed by atoms with E-state index >= 15 is 0 Å². The Morgan fingerprint density at radius 3 is 2.61 bits per heavy atom. The molecule has 0 atom stereocenters. The van der Waals surface area contributed by atoms with Crippen LogP contribution in [0, 0.1) is 11.3 Å². The second-order valence-electron chi connectivity index (χ2n) is 4.96. The van der Waals surface area contributed by atoms with Crippen LogP contribution < -0.4 is 10.6 Å². The predicted octanol–water partition coefficient (Wildman–Crippen LogP) is 0.820. The van der Waals surface area contributed by atoms with Gasteiger partial charge in [-0.15, -0.1) is 0 Å². The summed E-state index contributed by atoms with van der Waals surface area (Å²) in [6, 6.07) is 4.60. The Kier molecular flexibility index (Phi) is 2.80. The topological polar surface area (TPSA) is 69.2 Å². The standard InChI is InChI=1S/C13H17N5/c14-9-10-3-4-16-13(12(10)15)18-7-5-17(6-8-18)11-1-2-11/h3-4,11H,1-2,5-8,15H2. The molecular formula is C13H17N5. The summed E-state index contributed by atoms with van der Waals surface area (Å²) in [5.41, 5.74) is 7.02. The lowest BCUT2D eigenvalue weighted by atomic mass is 10.2. The van der Waals surface area contributed by atoms with Crippen LogP contribution in [0.5, 0.6) is 0 Å². The molecule has 5 nitrogen and oxygen atoms in total. The molecule has 1 aromatic rings. The van der Waals surface area contributed by atoms with Gasteiger partial charge in [-0.2, -0.15) is 5.26 Å². The summed E-state index contributed by atoms with van der Waals surface area (Å²) in [6.45, 7) is 4.04. The largest absolute Gasteiger partial charge is 0.395 e. The molecule has 1 aliphatic heterocycles. The predicted molar refractivity (Wildman–Crippen MR) is 70.2 cm³/mol. The van der Waals surface area contributed by atoms with Crippen molar-refractivity contribution in [1.29, 1.82) is 5.26 Å². The molecule has 0 spiro atoms. The summed E-state index contributed by atoms with van der Waals surface area (Å²) in [7, 11) is 0. The Bertz CT molecular complexity index is 481. The zero-order chi connectivity index (χ0) is 12.5. The van der Waals surface area contributed by atoms with E-state index in [0.29, 0.717) is 11.3 Å². The summed E-state index contributed by atoms with van der Waals surface area (Å²) in [5, 5.41) is 8.98. The van der Waals surface area contributed by atoms with Crippen molar-refractivity contribution in [2.24, 2.45) is 0 Å². The third-order valence-electron chi connectivity index (χ3n) is 3.77. The fourth-order valence-corrected chi connectivity index (χ4v) is 2.55. The molecule has 0 bridgehead atoms.